The van der Waals surface area contributed by atoms with Crippen molar-refractivity contribution in [2.75, 3.05) is 35.3 Å². The number of hydrogen-bond donors (Lipinski definition) is 2. The number of aryl methyl sites for hydroxylation is 1. The minimum absolute atomic E-state index is 0.0959. The molecule has 0 unspecified atom stereocenters. The van der Waals surface area contributed by atoms with E-state index < -0.39 is 24.4 Å². The summed E-state index contributed by atoms with van der Waals surface area (Å²) >= 11 is 0. The minimum atomic E-state index is -1.08. The maximum absolute atomic E-state index is 14.4. The van der Waals surface area contributed by atoms with Crippen LogP contribution in [-0.2, 0) is 4.79 Å². The molecule has 3 rings (SSSR count). The van der Waals surface area contributed by atoms with Gasteiger partial charge in [-0.25, -0.2) is 14.0 Å². The lowest BCUT2D eigenvalue weighted by atomic mass is 9.93. The van der Waals surface area contributed by atoms with Crippen molar-refractivity contribution in [3.63, 3.8) is 0 Å². The highest BCUT2D eigenvalue weighted by Gasteiger charge is 2.27. The average molecular weight is 486 g/mol. The Morgan fingerprint density at radius 3 is 2.46 bits per heavy atom. The number of carboxylic acid groups (broad SMARTS) is 1. The Balaban J connectivity index is 1.97. The van der Waals surface area contributed by atoms with E-state index in [1.807, 2.05) is 6.07 Å². The molecule has 190 valence electrons. The number of halogens is 1. The second-order valence-corrected chi connectivity index (χ2v) is 9.64. The lowest BCUT2D eigenvalue weighted by Gasteiger charge is -2.39. The van der Waals surface area contributed by atoms with Crippen molar-refractivity contribution in [3.8, 4) is 5.75 Å². The third-order valence-electron chi connectivity index (χ3n) is 6.23. The van der Waals surface area contributed by atoms with Gasteiger partial charge in [0.1, 0.15) is 11.6 Å². The summed E-state index contributed by atoms with van der Waals surface area (Å²) in [5.74, 6) is -0.844. The summed E-state index contributed by atoms with van der Waals surface area (Å²) in [5.41, 5.74) is 2.30. The van der Waals surface area contributed by atoms with Crippen molar-refractivity contribution in [2.45, 2.75) is 58.9 Å². The Morgan fingerprint density at radius 2 is 1.83 bits per heavy atom. The standard InChI is InChI=1S/C27H36FN3O4/c1-18(2)16-31(20-8-6-5-7-9-20)24-13-11-21(35-17-26(32)33)15-25(24)30(4)27(34)29-23-12-10-19(3)14-22(23)28/h10-15,18,20H,5-9,16-17H2,1-4H3,(H,29,34)(H,32,33). The van der Waals surface area contributed by atoms with Gasteiger partial charge in [0.05, 0.1) is 17.1 Å². The van der Waals surface area contributed by atoms with E-state index >= 15 is 0 Å². The number of hydrogen-bond acceptors (Lipinski definition) is 4. The predicted octanol–water partition coefficient (Wildman–Crippen LogP) is 6.06. The van der Waals surface area contributed by atoms with E-state index in [0.29, 0.717) is 23.4 Å². The number of nitrogens with zero attached hydrogens (tertiary/aromatic N) is 2. The molecule has 0 radical (unpaired) electrons. The fraction of sp³-hybridized carbons (Fsp3) is 0.481. The molecular weight excluding hydrogens is 449 g/mol. The second kappa shape index (κ2) is 11.9. The predicted molar refractivity (Wildman–Crippen MR) is 137 cm³/mol. The Morgan fingerprint density at radius 1 is 1.11 bits per heavy atom. The fourth-order valence-electron chi connectivity index (χ4n) is 4.51. The summed E-state index contributed by atoms with van der Waals surface area (Å²) in [6, 6.07) is 9.80. The first kappa shape index (κ1) is 26.3. The van der Waals surface area contributed by atoms with Gasteiger partial charge in [0.25, 0.3) is 0 Å². The van der Waals surface area contributed by atoms with Crippen LogP contribution in [0.2, 0.25) is 0 Å². The topological polar surface area (TPSA) is 82.1 Å². The van der Waals surface area contributed by atoms with Crippen LogP contribution >= 0.6 is 0 Å². The van der Waals surface area contributed by atoms with Crippen LogP contribution in [0.1, 0.15) is 51.5 Å². The van der Waals surface area contributed by atoms with Gasteiger partial charge in [0, 0.05) is 25.7 Å². The van der Waals surface area contributed by atoms with Gasteiger partial charge in [-0.05, 0) is 55.5 Å². The zero-order valence-electron chi connectivity index (χ0n) is 21.0. The molecule has 0 saturated heterocycles. The van der Waals surface area contributed by atoms with E-state index in [1.165, 1.54) is 23.5 Å². The molecule has 0 heterocycles. The monoisotopic (exact) mass is 485 g/mol. The SMILES string of the molecule is Cc1ccc(NC(=O)N(C)c2cc(OCC(=O)O)ccc2N(CC(C)C)C2CCCCC2)c(F)c1. The third-order valence-corrected chi connectivity index (χ3v) is 6.23. The third kappa shape index (κ3) is 7.10. The Kier molecular flexibility index (Phi) is 8.95. The molecule has 0 bridgehead atoms. The van der Waals surface area contributed by atoms with E-state index in [0.717, 1.165) is 43.5 Å². The van der Waals surface area contributed by atoms with Crippen molar-refractivity contribution in [1.29, 1.82) is 0 Å². The fourth-order valence-corrected chi connectivity index (χ4v) is 4.51. The van der Waals surface area contributed by atoms with Gasteiger partial charge in [0.15, 0.2) is 6.61 Å². The maximum atomic E-state index is 14.4. The normalized spacial score (nSPS) is 14.0. The molecule has 2 N–H and O–H groups in total. The van der Waals surface area contributed by atoms with E-state index in [9.17, 15) is 14.0 Å². The van der Waals surface area contributed by atoms with Gasteiger partial charge in [-0.3, -0.25) is 4.90 Å². The summed E-state index contributed by atoms with van der Waals surface area (Å²) in [4.78, 5) is 28.0. The van der Waals surface area contributed by atoms with Crippen LogP contribution in [0.3, 0.4) is 0 Å². The van der Waals surface area contributed by atoms with Crippen LogP contribution in [0, 0.1) is 18.7 Å². The number of urea groups is 1. The van der Waals surface area contributed by atoms with Crippen LogP contribution in [-0.4, -0.2) is 43.3 Å². The van der Waals surface area contributed by atoms with Crippen molar-refractivity contribution < 1.29 is 23.8 Å². The average Bonchev–Trinajstić information content (AvgIpc) is 2.82. The quantitative estimate of drug-likeness (QED) is 0.451. The lowest BCUT2D eigenvalue weighted by molar-refractivity contribution is -0.139. The zero-order valence-corrected chi connectivity index (χ0v) is 21.0. The number of anilines is 3. The van der Waals surface area contributed by atoms with Crippen LogP contribution in [0.15, 0.2) is 36.4 Å². The molecule has 2 aromatic carbocycles. The van der Waals surface area contributed by atoms with E-state index in [1.54, 1.807) is 32.2 Å². The lowest BCUT2D eigenvalue weighted by Crippen LogP contribution is -2.41. The molecule has 1 aliphatic rings. The highest BCUT2D eigenvalue weighted by Crippen LogP contribution is 2.37. The summed E-state index contributed by atoms with van der Waals surface area (Å²) in [7, 11) is 1.62. The van der Waals surface area contributed by atoms with Crippen molar-refractivity contribution >= 4 is 29.1 Å². The van der Waals surface area contributed by atoms with Crippen molar-refractivity contribution in [2.24, 2.45) is 5.92 Å². The number of rotatable bonds is 9. The van der Waals surface area contributed by atoms with Crippen LogP contribution in [0.5, 0.6) is 5.75 Å². The summed E-state index contributed by atoms with van der Waals surface area (Å²) in [5, 5.41) is 11.7. The van der Waals surface area contributed by atoms with Crippen molar-refractivity contribution in [1.82, 2.24) is 0 Å². The van der Waals surface area contributed by atoms with Gasteiger partial charge in [0.2, 0.25) is 0 Å². The zero-order chi connectivity index (χ0) is 25.5. The molecule has 0 spiro atoms. The van der Waals surface area contributed by atoms with Gasteiger partial charge in [-0.15, -0.1) is 0 Å². The highest BCUT2D eigenvalue weighted by atomic mass is 19.1. The number of nitrogens with one attached hydrogen (secondary N) is 1. The molecule has 2 amide bonds. The van der Waals surface area contributed by atoms with Gasteiger partial charge in [-0.2, -0.15) is 0 Å². The largest absolute Gasteiger partial charge is 0.482 e. The first-order valence-corrected chi connectivity index (χ1v) is 12.2. The first-order chi connectivity index (χ1) is 16.7. The number of carboxylic acids is 1. The Labute approximate surface area is 206 Å². The second-order valence-electron chi connectivity index (χ2n) is 9.64. The number of ether oxygens (including phenoxy) is 1. The summed E-state index contributed by atoms with van der Waals surface area (Å²) in [6.45, 7) is 6.44. The van der Waals surface area contributed by atoms with E-state index in [2.05, 4.69) is 24.1 Å². The molecule has 7 nitrogen and oxygen atoms in total. The molecule has 0 aromatic heterocycles. The molecule has 0 atom stereocenters. The minimum Gasteiger partial charge on any atom is -0.482 e. The number of benzene rings is 2. The van der Waals surface area contributed by atoms with Crippen LogP contribution in [0.4, 0.5) is 26.2 Å². The maximum Gasteiger partial charge on any atom is 0.341 e. The Bertz CT molecular complexity index is 1040. The summed E-state index contributed by atoms with van der Waals surface area (Å²) in [6.07, 6.45) is 5.71. The van der Waals surface area contributed by atoms with Gasteiger partial charge < -0.3 is 20.1 Å². The first-order valence-electron chi connectivity index (χ1n) is 12.2. The number of amides is 2. The molecule has 8 heteroatoms. The Hall–Kier alpha value is -3.29. The van der Waals surface area contributed by atoms with Crippen LogP contribution < -0.4 is 19.9 Å². The van der Waals surface area contributed by atoms with E-state index in [-0.39, 0.29) is 5.69 Å². The van der Waals surface area contributed by atoms with E-state index in [4.69, 9.17) is 9.84 Å². The molecule has 1 fully saturated rings. The summed E-state index contributed by atoms with van der Waals surface area (Å²) < 4.78 is 19.8. The van der Waals surface area contributed by atoms with Crippen molar-refractivity contribution in [3.05, 3.63) is 47.8 Å². The molecule has 35 heavy (non-hydrogen) atoms. The molecule has 0 aliphatic heterocycles. The molecular formula is C27H36FN3O4. The molecule has 1 saturated carbocycles. The smallest absolute Gasteiger partial charge is 0.341 e. The number of aliphatic carboxylic acids is 1. The molecule has 2 aromatic rings. The van der Waals surface area contributed by atoms with Crippen LogP contribution in [0.25, 0.3) is 0 Å². The van der Waals surface area contributed by atoms with Gasteiger partial charge >= 0.3 is 12.0 Å². The highest BCUT2D eigenvalue weighted by molar-refractivity contribution is 6.03. The molecule has 1 aliphatic carbocycles. The number of carbonyl (C=O) groups is 2. The number of carbonyl (C=O) groups excluding carboxylic acids is 1. The van der Waals surface area contributed by atoms with Gasteiger partial charge in [-0.1, -0.05) is 39.2 Å².